The van der Waals surface area contributed by atoms with Crippen molar-refractivity contribution in [3.8, 4) is 0 Å². The average molecular weight is 279 g/mol. The molecular weight excluding hydrogens is 258 g/mol. The number of carbonyl (C=O) groups is 1. The van der Waals surface area contributed by atoms with Crippen LogP contribution in [0.2, 0.25) is 0 Å². The Morgan fingerprint density at radius 3 is 3.05 bits per heavy atom. The minimum Gasteiger partial charge on any atom is -0.464 e. The number of nitrogens with two attached hydrogens (primary N) is 1. The molecule has 1 unspecified atom stereocenters. The standard InChI is InChI=1S/C14H21N3O3/c1-20-14(19)12-6-5-11(15)13(16-12)17-8-3-2-4-10(17)7-9-18/h5-6,10,18H,2-4,7-9,15H2,1H3. The average Bonchev–Trinajstić information content (AvgIpc) is 2.48. The molecule has 1 aromatic rings. The number of methoxy groups -OCH3 is 1. The molecule has 1 fully saturated rings. The summed E-state index contributed by atoms with van der Waals surface area (Å²) < 4.78 is 4.69. The molecule has 2 heterocycles. The van der Waals surface area contributed by atoms with Gasteiger partial charge < -0.3 is 20.5 Å². The third kappa shape index (κ3) is 3.01. The fraction of sp³-hybridized carbons (Fsp3) is 0.571. The Balaban J connectivity index is 2.31. The van der Waals surface area contributed by atoms with E-state index in [1.165, 1.54) is 7.11 Å². The summed E-state index contributed by atoms with van der Waals surface area (Å²) in [6.07, 6.45) is 3.89. The van der Waals surface area contributed by atoms with Gasteiger partial charge >= 0.3 is 5.97 Å². The van der Waals surface area contributed by atoms with E-state index in [1.54, 1.807) is 12.1 Å². The molecule has 1 atom stereocenters. The van der Waals surface area contributed by atoms with Crippen molar-refractivity contribution in [2.75, 3.05) is 30.9 Å². The van der Waals surface area contributed by atoms with E-state index in [-0.39, 0.29) is 18.3 Å². The molecule has 0 amide bonds. The molecule has 0 spiro atoms. The lowest BCUT2D eigenvalue weighted by molar-refractivity contribution is 0.0594. The second-order valence-corrected chi connectivity index (χ2v) is 4.96. The number of aromatic nitrogens is 1. The Labute approximate surface area is 118 Å². The van der Waals surface area contributed by atoms with Crippen molar-refractivity contribution in [3.63, 3.8) is 0 Å². The number of ether oxygens (including phenoxy) is 1. The van der Waals surface area contributed by atoms with Crippen LogP contribution in [-0.4, -0.2) is 42.4 Å². The number of esters is 1. The molecule has 6 heteroatoms. The fourth-order valence-corrected chi connectivity index (χ4v) is 2.64. The van der Waals surface area contributed by atoms with E-state index in [1.807, 2.05) is 0 Å². The van der Waals surface area contributed by atoms with Crippen LogP contribution in [0.15, 0.2) is 12.1 Å². The molecule has 1 aromatic heterocycles. The Morgan fingerprint density at radius 2 is 2.35 bits per heavy atom. The van der Waals surface area contributed by atoms with Crippen LogP contribution in [0.1, 0.15) is 36.2 Å². The number of nitrogen functional groups attached to an aromatic ring is 1. The number of pyridine rings is 1. The molecule has 0 bridgehead atoms. The number of aliphatic hydroxyl groups is 1. The highest BCUT2D eigenvalue weighted by atomic mass is 16.5. The van der Waals surface area contributed by atoms with E-state index in [9.17, 15) is 9.90 Å². The van der Waals surface area contributed by atoms with Gasteiger partial charge in [-0.25, -0.2) is 9.78 Å². The van der Waals surface area contributed by atoms with Gasteiger partial charge in [-0.1, -0.05) is 0 Å². The summed E-state index contributed by atoms with van der Waals surface area (Å²) >= 11 is 0. The second-order valence-electron chi connectivity index (χ2n) is 4.96. The highest BCUT2D eigenvalue weighted by Crippen LogP contribution is 2.29. The molecule has 1 aliphatic heterocycles. The van der Waals surface area contributed by atoms with Gasteiger partial charge in [-0.05, 0) is 37.8 Å². The van der Waals surface area contributed by atoms with Gasteiger partial charge in [0.1, 0.15) is 0 Å². The lowest BCUT2D eigenvalue weighted by Crippen LogP contribution is -2.41. The summed E-state index contributed by atoms with van der Waals surface area (Å²) in [5.41, 5.74) is 6.80. The SMILES string of the molecule is COC(=O)c1ccc(N)c(N2CCCCC2CCO)n1. The van der Waals surface area contributed by atoms with Crippen molar-refractivity contribution >= 4 is 17.5 Å². The third-order valence-corrected chi connectivity index (χ3v) is 3.66. The Bertz CT molecular complexity index is 477. The van der Waals surface area contributed by atoms with Gasteiger partial charge in [0.25, 0.3) is 0 Å². The number of aliphatic hydroxyl groups excluding tert-OH is 1. The van der Waals surface area contributed by atoms with Gasteiger partial charge in [-0.2, -0.15) is 0 Å². The van der Waals surface area contributed by atoms with Gasteiger partial charge in [0.05, 0.1) is 12.8 Å². The number of anilines is 2. The van der Waals surface area contributed by atoms with Crippen molar-refractivity contribution in [1.29, 1.82) is 0 Å². The second kappa shape index (κ2) is 6.56. The molecule has 0 radical (unpaired) electrons. The van der Waals surface area contributed by atoms with Crippen LogP contribution in [-0.2, 0) is 4.74 Å². The maximum Gasteiger partial charge on any atom is 0.356 e. The van der Waals surface area contributed by atoms with Crippen LogP contribution in [0, 0.1) is 0 Å². The normalized spacial score (nSPS) is 18.9. The molecule has 1 saturated heterocycles. The number of rotatable bonds is 4. The van der Waals surface area contributed by atoms with Crippen LogP contribution in [0.5, 0.6) is 0 Å². The molecule has 0 saturated carbocycles. The Hall–Kier alpha value is -1.82. The van der Waals surface area contributed by atoms with Crippen LogP contribution >= 0.6 is 0 Å². The van der Waals surface area contributed by atoms with Gasteiger partial charge in [0.15, 0.2) is 11.5 Å². The number of nitrogens with zero attached hydrogens (tertiary/aromatic N) is 2. The van der Waals surface area contributed by atoms with Crippen molar-refractivity contribution in [2.24, 2.45) is 0 Å². The van der Waals surface area contributed by atoms with Crippen molar-refractivity contribution in [3.05, 3.63) is 17.8 Å². The first-order chi connectivity index (χ1) is 9.67. The van der Waals surface area contributed by atoms with Crippen molar-refractivity contribution in [1.82, 2.24) is 4.98 Å². The topological polar surface area (TPSA) is 88.7 Å². The lowest BCUT2D eigenvalue weighted by atomic mass is 9.99. The molecule has 110 valence electrons. The largest absolute Gasteiger partial charge is 0.464 e. The zero-order chi connectivity index (χ0) is 14.5. The maximum atomic E-state index is 11.6. The highest BCUT2D eigenvalue weighted by molar-refractivity contribution is 5.88. The van der Waals surface area contributed by atoms with Gasteiger partial charge in [0.2, 0.25) is 0 Å². The van der Waals surface area contributed by atoms with Crippen molar-refractivity contribution in [2.45, 2.75) is 31.7 Å². The summed E-state index contributed by atoms with van der Waals surface area (Å²) in [7, 11) is 1.33. The minimum atomic E-state index is -0.470. The van der Waals surface area contributed by atoms with E-state index in [0.29, 0.717) is 17.9 Å². The molecule has 0 aromatic carbocycles. The maximum absolute atomic E-state index is 11.6. The zero-order valence-corrected chi connectivity index (χ0v) is 11.7. The molecular formula is C14H21N3O3. The summed E-state index contributed by atoms with van der Waals surface area (Å²) in [6, 6.07) is 3.46. The number of hydrogen-bond donors (Lipinski definition) is 2. The minimum absolute atomic E-state index is 0.137. The highest BCUT2D eigenvalue weighted by Gasteiger charge is 2.25. The van der Waals surface area contributed by atoms with Crippen LogP contribution in [0.4, 0.5) is 11.5 Å². The van der Waals surface area contributed by atoms with E-state index in [2.05, 4.69) is 9.88 Å². The quantitative estimate of drug-likeness (QED) is 0.805. The lowest BCUT2D eigenvalue weighted by Gasteiger charge is -2.37. The van der Waals surface area contributed by atoms with Gasteiger partial charge in [0, 0.05) is 19.2 Å². The van der Waals surface area contributed by atoms with E-state index < -0.39 is 5.97 Å². The molecule has 3 N–H and O–H groups in total. The summed E-state index contributed by atoms with van der Waals surface area (Å²) in [4.78, 5) is 18.0. The number of hydrogen-bond acceptors (Lipinski definition) is 6. The first kappa shape index (κ1) is 14.6. The van der Waals surface area contributed by atoms with E-state index in [0.717, 1.165) is 25.8 Å². The summed E-state index contributed by atoms with van der Waals surface area (Å²) in [6.45, 7) is 0.976. The zero-order valence-electron chi connectivity index (χ0n) is 11.7. The predicted molar refractivity (Wildman–Crippen MR) is 76.7 cm³/mol. The monoisotopic (exact) mass is 279 g/mol. The molecule has 20 heavy (non-hydrogen) atoms. The predicted octanol–water partition coefficient (Wildman–Crippen LogP) is 1.19. The molecule has 2 rings (SSSR count). The molecule has 0 aliphatic carbocycles. The van der Waals surface area contributed by atoms with E-state index >= 15 is 0 Å². The third-order valence-electron chi connectivity index (χ3n) is 3.66. The first-order valence-electron chi connectivity index (χ1n) is 6.89. The smallest absolute Gasteiger partial charge is 0.356 e. The number of piperidine rings is 1. The Morgan fingerprint density at radius 1 is 1.55 bits per heavy atom. The molecule has 1 aliphatic rings. The van der Waals surface area contributed by atoms with E-state index in [4.69, 9.17) is 10.5 Å². The van der Waals surface area contributed by atoms with Crippen LogP contribution in [0.3, 0.4) is 0 Å². The van der Waals surface area contributed by atoms with Gasteiger partial charge in [-0.3, -0.25) is 0 Å². The Kier molecular flexibility index (Phi) is 4.79. The van der Waals surface area contributed by atoms with Crippen molar-refractivity contribution < 1.29 is 14.6 Å². The number of carbonyl (C=O) groups excluding carboxylic acids is 1. The fourth-order valence-electron chi connectivity index (χ4n) is 2.64. The first-order valence-corrected chi connectivity index (χ1v) is 6.89. The summed E-state index contributed by atoms with van der Waals surface area (Å²) in [5, 5.41) is 9.18. The summed E-state index contributed by atoms with van der Waals surface area (Å²) in [5.74, 6) is 0.146. The van der Waals surface area contributed by atoms with Crippen LogP contribution < -0.4 is 10.6 Å². The van der Waals surface area contributed by atoms with Crippen LogP contribution in [0.25, 0.3) is 0 Å². The van der Waals surface area contributed by atoms with Gasteiger partial charge in [-0.15, -0.1) is 0 Å². The molecule has 6 nitrogen and oxygen atoms in total.